The SMILES string of the molecule is CC(CCc1ccccc1)NCc1ccc(-c2cncnc2)cc1. The van der Waals surface area contributed by atoms with Crippen LogP contribution in [0.3, 0.4) is 0 Å². The molecule has 1 N–H and O–H groups in total. The minimum absolute atomic E-state index is 0.493. The molecule has 0 bridgehead atoms. The van der Waals surface area contributed by atoms with Crippen molar-refractivity contribution in [2.75, 3.05) is 0 Å². The Labute approximate surface area is 143 Å². The molecule has 0 saturated heterocycles. The molecule has 3 rings (SSSR count). The molecule has 0 radical (unpaired) electrons. The van der Waals surface area contributed by atoms with Crippen LogP contribution in [0.25, 0.3) is 11.1 Å². The molecule has 0 spiro atoms. The van der Waals surface area contributed by atoms with Gasteiger partial charge in [0.1, 0.15) is 6.33 Å². The van der Waals surface area contributed by atoms with Gasteiger partial charge in [0.2, 0.25) is 0 Å². The molecule has 1 heterocycles. The van der Waals surface area contributed by atoms with Gasteiger partial charge in [-0.15, -0.1) is 0 Å². The summed E-state index contributed by atoms with van der Waals surface area (Å²) >= 11 is 0. The lowest BCUT2D eigenvalue weighted by atomic mass is 10.0. The maximum Gasteiger partial charge on any atom is 0.115 e. The van der Waals surface area contributed by atoms with Crippen molar-refractivity contribution in [2.45, 2.75) is 32.4 Å². The Kier molecular flexibility index (Phi) is 5.70. The van der Waals surface area contributed by atoms with Gasteiger partial charge in [0, 0.05) is 30.5 Å². The van der Waals surface area contributed by atoms with Crippen LogP contribution in [-0.4, -0.2) is 16.0 Å². The van der Waals surface area contributed by atoms with Crippen molar-refractivity contribution in [3.63, 3.8) is 0 Å². The van der Waals surface area contributed by atoms with Crippen LogP contribution < -0.4 is 5.32 Å². The first kappa shape index (κ1) is 16.3. The second-order valence-electron chi connectivity index (χ2n) is 6.13. The smallest absolute Gasteiger partial charge is 0.115 e. The van der Waals surface area contributed by atoms with Crippen molar-refractivity contribution < 1.29 is 0 Å². The van der Waals surface area contributed by atoms with E-state index in [4.69, 9.17) is 0 Å². The maximum atomic E-state index is 4.06. The van der Waals surface area contributed by atoms with Crippen LogP contribution in [0.1, 0.15) is 24.5 Å². The Morgan fingerprint density at radius 3 is 2.25 bits per heavy atom. The van der Waals surface area contributed by atoms with Gasteiger partial charge in [-0.25, -0.2) is 9.97 Å². The standard InChI is InChI=1S/C21H23N3/c1-17(7-8-18-5-3-2-4-6-18)24-13-19-9-11-20(12-10-19)21-14-22-16-23-15-21/h2-6,9-12,14-17,24H,7-8,13H2,1H3. The Bertz CT molecular complexity index is 724. The zero-order valence-electron chi connectivity index (χ0n) is 14.0. The van der Waals surface area contributed by atoms with Gasteiger partial charge in [0.05, 0.1) is 0 Å². The first-order valence-electron chi connectivity index (χ1n) is 8.43. The van der Waals surface area contributed by atoms with E-state index in [1.807, 2.05) is 12.4 Å². The van der Waals surface area contributed by atoms with Crippen molar-refractivity contribution in [3.8, 4) is 11.1 Å². The highest BCUT2D eigenvalue weighted by atomic mass is 14.9. The van der Waals surface area contributed by atoms with Gasteiger partial charge in [-0.2, -0.15) is 0 Å². The Morgan fingerprint density at radius 2 is 1.54 bits per heavy atom. The van der Waals surface area contributed by atoms with Gasteiger partial charge < -0.3 is 5.32 Å². The number of hydrogen-bond acceptors (Lipinski definition) is 3. The third-order valence-electron chi connectivity index (χ3n) is 4.21. The minimum Gasteiger partial charge on any atom is -0.310 e. The van der Waals surface area contributed by atoms with Crippen molar-refractivity contribution in [1.82, 2.24) is 15.3 Å². The lowest BCUT2D eigenvalue weighted by Crippen LogP contribution is -2.25. The van der Waals surface area contributed by atoms with Gasteiger partial charge in [-0.05, 0) is 36.5 Å². The molecule has 1 aromatic heterocycles. The van der Waals surface area contributed by atoms with E-state index in [0.717, 1.165) is 30.5 Å². The van der Waals surface area contributed by atoms with E-state index < -0.39 is 0 Å². The van der Waals surface area contributed by atoms with Gasteiger partial charge in [0.25, 0.3) is 0 Å². The fraction of sp³-hybridized carbons (Fsp3) is 0.238. The molecule has 2 aromatic carbocycles. The van der Waals surface area contributed by atoms with E-state index in [2.05, 4.69) is 76.8 Å². The summed E-state index contributed by atoms with van der Waals surface area (Å²) < 4.78 is 0. The molecule has 1 atom stereocenters. The summed E-state index contributed by atoms with van der Waals surface area (Å²) in [5.74, 6) is 0. The molecule has 0 saturated carbocycles. The Hall–Kier alpha value is -2.52. The van der Waals surface area contributed by atoms with Gasteiger partial charge in [0.15, 0.2) is 0 Å². The van der Waals surface area contributed by atoms with Crippen LogP contribution in [0.5, 0.6) is 0 Å². The highest BCUT2D eigenvalue weighted by Gasteiger charge is 2.03. The second-order valence-corrected chi connectivity index (χ2v) is 6.13. The van der Waals surface area contributed by atoms with Gasteiger partial charge in [-0.1, -0.05) is 54.6 Å². The number of hydrogen-bond donors (Lipinski definition) is 1. The predicted octanol–water partition coefficient (Wildman–Crippen LogP) is 4.25. The van der Waals surface area contributed by atoms with Crippen molar-refractivity contribution >= 4 is 0 Å². The number of nitrogens with zero attached hydrogens (tertiary/aromatic N) is 2. The lowest BCUT2D eigenvalue weighted by Gasteiger charge is -2.14. The predicted molar refractivity (Wildman–Crippen MR) is 98.5 cm³/mol. The van der Waals surface area contributed by atoms with E-state index >= 15 is 0 Å². The van der Waals surface area contributed by atoms with Crippen molar-refractivity contribution in [1.29, 1.82) is 0 Å². The molecule has 122 valence electrons. The molecule has 0 aliphatic heterocycles. The molecule has 24 heavy (non-hydrogen) atoms. The first-order valence-corrected chi connectivity index (χ1v) is 8.43. The Morgan fingerprint density at radius 1 is 0.833 bits per heavy atom. The third kappa shape index (κ3) is 4.74. The molecule has 3 heteroatoms. The molecular weight excluding hydrogens is 294 g/mol. The average molecular weight is 317 g/mol. The monoisotopic (exact) mass is 317 g/mol. The molecule has 0 fully saturated rings. The third-order valence-corrected chi connectivity index (χ3v) is 4.21. The quantitative estimate of drug-likeness (QED) is 0.708. The summed E-state index contributed by atoms with van der Waals surface area (Å²) in [5.41, 5.74) is 4.90. The van der Waals surface area contributed by atoms with Gasteiger partial charge in [-0.3, -0.25) is 0 Å². The minimum atomic E-state index is 0.493. The number of aryl methyl sites for hydroxylation is 1. The second kappa shape index (κ2) is 8.37. The number of rotatable bonds is 7. The van der Waals surface area contributed by atoms with E-state index in [-0.39, 0.29) is 0 Å². The molecule has 1 unspecified atom stereocenters. The first-order chi connectivity index (χ1) is 11.8. The van der Waals surface area contributed by atoms with Crippen LogP contribution in [-0.2, 0) is 13.0 Å². The van der Waals surface area contributed by atoms with Crippen LogP contribution in [0, 0.1) is 0 Å². The Balaban J connectivity index is 1.48. The summed E-state index contributed by atoms with van der Waals surface area (Å²) in [6.07, 6.45) is 7.49. The summed E-state index contributed by atoms with van der Waals surface area (Å²) in [7, 11) is 0. The normalized spacial score (nSPS) is 12.0. The summed E-state index contributed by atoms with van der Waals surface area (Å²) in [6, 6.07) is 19.7. The largest absolute Gasteiger partial charge is 0.310 e. The fourth-order valence-corrected chi connectivity index (χ4v) is 2.69. The lowest BCUT2D eigenvalue weighted by molar-refractivity contribution is 0.514. The highest BCUT2D eigenvalue weighted by molar-refractivity contribution is 5.61. The summed E-state index contributed by atoms with van der Waals surface area (Å²) in [5, 5.41) is 3.60. The summed E-state index contributed by atoms with van der Waals surface area (Å²) in [6.45, 7) is 3.14. The van der Waals surface area contributed by atoms with Gasteiger partial charge >= 0.3 is 0 Å². The summed E-state index contributed by atoms with van der Waals surface area (Å²) in [4.78, 5) is 8.13. The van der Waals surface area contributed by atoms with Crippen LogP contribution in [0.4, 0.5) is 0 Å². The number of benzene rings is 2. The molecule has 3 nitrogen and oxygen atoms in total. The van der Waals surface area contributed by atoms with E-state index in [1.165, 1.54) is 11.1 Å². The highest BCUT2D eigenvalue weighted by Crippen LogP contribution is 2.17. The zero-order valence-corrected chi connectivity index (χ0v) is 14.0. The van der Waals surface area contributed by atoms with Crippen molar-refractivity contribution in [3.05, 3.63) is 84.4 Å². The van der Waals surface area contributed by atoms with Crippen LogP contribution >= 0.6 is 0 Å². The molecule has 0 aliphatic carbocycles. The van der Waals surface area contributed by atoms with E-state index in [1.54, 1.807) is 6.33 Å². The van der Waals surface area contributed by atoms with Crippen LogP contribution in [0.2, 0.25) is 0 Å². The zero-order chi connectivity index (χ0) is 16.6. The number of aromatic nitrogens is 2. The fourth-order valence-electron chi connectivity index (χ4n) is 2.69. The topological polar surface area (TPSA) is 37.8 Å². The van der Waals surface area contributed by atoms with E-state index in [0.29, 0.717) is 6.04 Å². The average Bonchev–Trinajstić information content (AvgIpc) is 2.67. The van der Waals surface area contributed by atoms with Crippen LogP contribution in [0.15, 0.2) is 73.3 Å². The maximum absolute atomic E-state index is 4.06. The molecule has 3 aromatic rings. The molecule has 0 amide bonds. The number of nitrogens with one attached hydrogen (secondary N) is 1. The molecular formula is C21H23N3. The van der Waals surface area contributed by atoms with Crippen molar-refractivity contribution in [2.24, 2.45) is 0 Å². The molecule has 0 aliphatic rings. The van der Waals surface area contributed by atoms with E-state index in [9.17, 15) is 0 Å².